The number of rotatable bonds is 3. The molecule has 182 valence electrons. The van der Waals surface area contributed by atoms with Crippen LogP contribution in [0, 0.1) is 0 Å². The second-order valence-electron chi connectivity index (χ2n) is 10.1. The van der Waals surface area contributed by atoms with E-state index in [1.54, 1.807) is 23.5 Å². The molecule has 0 saturated carbocycles. The molecule has 36 heavy (non-hydrogen) atoms. The number of likely N-dealkylation sites (tertiary alicyclic amines) is 1. The van der Waals surface area contributed by atoms with Gasteiger partial charge in [0.15, 0.2) is 11.4 Å². The summed E-state index contributed by atoms with van der Waals surface area (Å²) in [5, 5.41) is 7.51. The molecule has 0 radical (unpaired) electrons. The van der Waals surface area contributed by atoms with Crippen LogP contribution in [0.5, 0.6) is 0 Å². The quantitative estimate of drug-likeness (QED) is 0.372. The van der Waals surface area contributed by atoms with Gasteiger partial charge in [0.25, 0.3) is 0 Å². The molecule has 0 atom stereocenters. The molecule has 9 heteroatoms. The third-order valence-electron chi connectivity index (χ3n) is 6.33. The molecule has 0 spiro atoms. The lowest BCUT2D eigenvalue weighted by atomic mass is 10.0. The van der Waals surface area contributed by atoms with E-state index in [1.807, 2.05) is 68.2 Å². The van der Waals surface area contributed by atoms with Gasteiger partial charge in [-0.2, -0.15) is 5.10 Å². The van der Waals surface area contributed by atoms with Crippen molar-refractivity contribution in [2.45, 2.75) is 32.4 Å². The van der Waals surface area contributed by atoms with E-state index in [0.29, 0.717) is 30.3 Å². The van der Waals surface area contributed by atoms with E-state index < -0.39 is 5.60 Å². The van der Waals surface area contributed by atoms with Gasteiger partial charge in [-0.05, 0) is 38.3 Å². The van der Waals surface area contributed by atoms with E-state index in [2.05, 4.69) is 15.1 Å². The average Bonchev–Trinajstić information content (AvgIpc) is 3.45. The predicted octanol–water partition coefficient (Wildman–Crippen LogP) is 5.28. The summed E-state index contributed by atoms with van der Waals surface area (Å²) in [4.78, 5) is 22.5. The normalized spacial score (nSPS) is 14.4. The largest absolute Gasteiger partial charge is 0.452 e. The Labute approximate surface area is 207 Å². The summed E-state index contributed by atoms with van der Waals surface area (Å²) >= 11 is 0. The molecule has 9 nitrogen and oxygen atoms in total. The maximum absolute atomic E-state index is 12.3. The maximum atomic E-state index is 12.3. The molecular weight excluding hydrogens is 456 g/mol. The van der Waals surface area contributed by atoms with Crippen LogP contribution in [-0.4, -0.2) is 49.4 Å². The number of ether oxygens (including phenoxy) is 1. The molecule has 1 aliphatic heterocycles. The molecule has 5 heterocycles. The van der Waals surface area contributed by atoms with E-state index in [9.17, 15) is 4.79 Å². The molecule has 0 bridgehead atoms. The summed E-state index contributed by atoms with van der Waals surface area (Å²) in [6, 6.07) is 10.1. The van der Waals surface area contributed by atoms with Crippen molar-refractivity contribution in [2.75, 3.05) is 18.8 Å². The molecule has 1 aliphatic rings. The number of nitrogens with two attached hydrogens (primary N) is 1. The van der Waals surface area contributed by atoms with Crippen LogP contribution in [0.4, 0.5) is 10.6 Å². The maximum Gasteiger partial charge on any atom is 0.410 e. The first-order valence-corrected chi connectivity index (χ1v) is 11.8. The number of benzene rings is 1. The monoisotopic (exact) mass is 482 g/mol. The van der Waals surface area contributed by atoms with Gasteiger partial charge in [-0.3, -0.25) is 9.67 Å². The highest BCUT2D eigenvalue weighted by molar-refractivity contribution is 6.03. The number of hydrogen-bond acceptors (Lipinski definition) is 7. The Kier molecular flexibility index (Phi) is 4.96. The number of nitrogen functional groups attached to an aromatic ring is 1. The summed E-state index contributed by atoms with van der Waals surface area (Å²) in [7, 11) is 0. The Bertz CT molecular complexity index is 1600. The fourth-order valence-electron chi connectivity index (χ4n) is 4.52. The number of fused-ring (bicyclic) bond motifs is 2. The van der Waals surface area contributed by atoms with E-state index in [1.165, 1.54) is 0 Å². The molecule has 0 aliphatic carbocycles. The molecule has 4 aromatic heterocycles. The zero-order chi connectivity index (χ0) is 25.0. The average molecular weight is 483 g/mol. The highest BCUT2D eigenvalue weighted by Gasteiger charge is 2.35. The number of furan rings is 1. The van der Waals surface area contributed by atoms with Gasteiger partial charge in [0.05, 0.1) is 12.2 Å². The molecule has 1 saturated heterocycles. The first-order valence-electron chi connectivity index (χ1n) is 11.8. The fourth-order valence-corrected chi connectivity index (χ4v) is 4.52. The minimum absolute atomic E-state index is 0.0905. The zero-order valence-electron chi connectivity index (χ0n) is 20.3. The molecule has 1 fully saturated rings. The Hall–Kier alpha value is -4.40. The van der Waals surface area contributed by atoms with E-state index in [-0.39, 0.29) is 12.1 Å². The fraction of sp³-hybridized carbons (Fsp3) is 0.259. The van der Waals surface area contributed by atoms with Crippen molar-refractivity contribution < 1.29 is 13.9 Å². The van der Waals surface area contributed by atoms with Crippen molar-refractivity contribution in [3.8, 4) is 22.5 Å². The summed E-state index contributed by atoms with van der Waals surface area (Å²) in [6.45, 7) is 6.70. The van der Waals surface area contributed by atoms with Gasteiger partial charge in [-0.1, -0.05) is 18.2 Å². The van der Waals surface area contributed by atoms with E-state index in [0.717, 1.165) is 32.8 Å². The number of anilines is 1. The van der Waals surface area contributed by atoms with Gasteiger partial charge in [-0.25, -0.2) is 9.78 Å². The van der Waals surface area contributed by atoms with Crippen LogP contribution in [0.3, 0.4) is 0 Å². The third-order valence-corrected chi connectivity index (χ3v) is 6.33. The van der Waals surface area contributed by atoms with Gasteiger partial charge in [-0.15, -0.1) is 0 Å². The van der Waals surface area contributed by atoms with Crippen molar-refractivity contribution in [1.29, 1.82) is 0 Å². The summed E-state index contributed by atoms with van der Waals surface area (Å²) < 4.78 is 13.6. The van der Waals surface area contributed by atoms with Crippen LogP contribution in [-0.2, 0) is 4.74 Å². The van der Waals surface area contributed by atoms with Gasteiger partial charge in [0.2, 0.25) is 0 Å². The van der Waals surface area contributed by atoms with Crippen LogP contribution >= 0.6 is 0 Å². The second-order valence-corrected chi connectivity index (χ2v) is 10.1. The summed E-state index contributed by atoms with van der Waals surface area (Å²) in [5.74, 6) is 1.04. The SMILES string of the molecule is CC(C)(C)OC(=O)N1CC(n2cc(-c3cnc(N)c4oc(-c5cccc6cnccc56)cc34)cn2)C1. The number of amides is 1. The lowest BCUT2D eigenvalue weighted by Crippen LogP contribution is -2.52. The number of nitrogens with zero attached hydrogens (tertiary/aromatic N) is 5. The Morgan fingerprint density at radius 2 is 1.94 bits per heavy atom. The van der Waals surface area contributed by atoms with Gasteiger partial charge < -0.3 is 19.8 Å². The number of pyridine rings is 2. The zero-order valence-corrected chi connectivity index (χ0v) is 20.3. The van der Waals surface area contributed by atoms with Crippen LogP contribution in [0.2, 0.25) is 0 Å². The van der Waals surface area contributed by atoms with Crippen molar-refractivity contribution >= 4 is 33.7 Å². The van der Waals surface area contributed by atoms with E-state index >= 15 is 0 Å². The first kappa shape index (κ1) is 22.1. The van der Waals surface area contributed by atoms with Crippen molar-refractivity contribution in [3.05, 3.63) is 61.3 Å². The summed E-state index contributed by atoms with van der Waals surface area (Å²) in [5.41, 5.74) is 8.97. The third kappa shape index (κ3) is 3.82. The minimum Gasteiger partial charge on any atom is -0.452 e. The second kappa shape index (κ2) is 8.08. The molecule has 1 amide bonds. The Morgan fingerprint density at radius 3 is 2.75 bits per heavy atom. The van der Waals surface area contributed by atoms with Crippen molar-refractivity contribution in [3.63, 3.8) is 0 Å². The lowest BCUT2D eigenvalue weighted by Gasteiger charge is -2.39. The topological polar surface area (TPSA) is 112 Å². The van der Waals surface area contributed by atoms with Crippen LogP contribution in [0.15, 0.2) is 65.7 Å². The number of aromatic nitrogens is 4. The van der Waals surface area contributed by atoms with Crippen molar-refractivity contribution in [1.82, 2.24) is 24.6 Å². The van der Waals surface area contributed by atoms with Crippen LogP contribution in [0.25, 0.3) is 44.2 Å². The Balaban J connectivity index is 1.30. The molecule has 1 aromatic carbocycles. The highest BCUT2D eigenvalue weighted by atomic mass is 16.6. The standard InChI is InChI=1S/C27H26N6O3/c1-27(2,3)36-26(34)32-14-18(15-32)33-13-17(11-31-33)22-12-30-25(28)24-21(22)9-23(35-24)20-6-4-5-16-10-29-8-7-19(16)20/h4-13,18H,14-15H2,1-3H3,(H2,28,30). The highest BCUT2D eigenvalue weighted by Crippen LogP contribution is 2.38. The smallest absolute Gasteiger partial charge is 0.410 e. The first-order chi connectivity index (χ1) is 17.3. The van der Waals surface area contributed by atoms with Gasteiger partial charge in [0, 0.05) is 65.3 Å². The summed E-state index contributed by atoms with van der Waals surface area (Å²) in [6.07, 6.45) is 8.83. The molecule has 5 aromatic rings. The van der Waals surface area contributed by atoms with Gasteiger partial charge in [0.1, 0.15) is 11.4 Å². The molecule has 2 N–H and O–H groups in total. The number of carbonyl (C=O) groups is 1. The predicted molar refractivity (Wildman–Crippen MR) is 137 cm³/mol. The number of carbonyl (C=O) groups excluding carboxylic acids is 1. The van der Waals surface area contributed by atoms with Gasteiger partial charge >= 0.3 is 6.09 Å². The van der Waals surface area contributed by atoms with Crippen LogP contribution < -0.4 is 5.73 Å². The molecule has 0 unspecified atom stereocenters. The minimum atomic E-state index is -0.513. The Morgan fingerprint density at radius 1 is 1.11 bits per heavy atom. The number of hydrogen-bond donors (Lipinski definition) is 1. The van der Waals surface area contributed by atoms with Crippen LogP contribution in [0.1, 0.15) is 26.8 Å². The van der Waals surface area contributed by atoms with E-state index in [4.69, 9.17) is 14.9 Å². The molecule has 6 rings (SSSR count). The molecular formula is C27H26N6O3. The lowest BCUT2D eigenvalue weighted by molar-refractivity contribution is -0.000382. The van der Waals surface area contributed by atoms with Crippen molar-refractivity contribution in [2.24, 2.45) is 0 Å².